The molecule has 0 unspecified atom stereocenters. The third kappa shape index (κ3) is 6.13. The van der Waals surface area contributed by atoms with Gasteiger partial charge in [0.1, 0.15) is 5.69 Å². The van der Waals surface area contributed by atoms with Gasteiger partial charge in [-0.1, -0.05) is 18.2 Å². The highest BCUT2D eigenvalue weighted by molar-refractivity contribution is 6.09. The first-order chi connectivity index (χ1) is 18.7. The number of aryl methyl sites for hydroxylation is 2. The molecule has 0 bridgehead atoms. The number of amides is 1. The number of likely N-dealkylation sites (N-methyl/N-ethyl adjacent to an activating group) is 2. The summed E-state index contributed by atoms with van der Waals surface area (Å²) in [5.41, 5.74) is 12.8. The van der Waals surface area contributed by atoms with E-state index in [1.165, 1.54) is 0 Å². The number of nitrogens with one attached hydrogen (secondary N) is 2. The maximum atomic E-state index is 13.3. The Morgan fingerprint density at radius 2 is 1.90 bits per heavy atom. The molecule has 10 heteroatoms. The normalized spacial score (nSPS) is 11.3. The SMILES string of the molecule is COCCNC(=O)c1c(-c2ccnc(Nc3cc(N)c(N(C)CCN(C)C)cc3C)n2)c2ccccc2n1C. The van der Waals surface area contributed by atoms with Gasteiger partial charge in [0.2, 0.25) is 5.95 Å². The van der Waals surface area contributed by atoms with Crippen LogP contribution in [0.5, 0.6) is 0 Å². The number of nitrogen functional groups attached to an aromatic ring is 1. The van der Waals surface area contributed by atoms with Gasteiger partial charge in [0, 0.05) is 69.2 Å². The van der Waals surface area contributed by atoms with Crippen molar-refractivity contribution in [1.82, 2.24) is 24.8 Å². The van der Waals surface area contributed by atoms with Gasteiger partial charge in [0.25, 0.3) is 5.91 Å². The number of nitrogens with zero attached hydrogens (tertiary/aromatic N) is 5. The Bertz CT molecular complexity index is 1460. The number of anilines is 4. The second kappa shape index (κ2) is 12.1. The van der Waals surface area contributed by atoms with Crippen molar-refractivity contribution in [3.63, 3.8) is 0 Å². The standard InChI is InChI=1S/C29H38N8O2/c1-19-17-25(36(4)15-14-35(2)3)21(30)18-23(19)34-29-32-12-11-22(33-29)26-20-9-7-8-10-24(20)37(5)27(26)28(38)31-13-16-39-6/h7-12,17-18H,13-16,30H2,1-6H3,(H,31,38)(H,32,33,34). The van der Waals surface area contributed by atoms with Gasteiger partial charge in [-0.3, -0.25) is 4.79 Å². The number of benzene rings is 2. The lowest BCUT2D eigenvalue weighted by Gasteiger charge is -2.24. The van der Waals surface area contributed by atoms with Crippen molar-refractivity contribution in [2.45, 2.75) is 6.92 Å². The second-order valence-electron chi connectivity index (χ2n) is 9.89. The van der Waals surface area contributed by atoms with E-state index in [1.54, 1.807) is 13.3 Å². The molecule has 2 aromatic heterocycles. The van der Waals surface area contributed by atoms with Gasteiger partial charge in [-0.25, -0.2) is 9.97 Å². The van der Waals surface area contributed by atoms with Crippen LogP contribution in [0.15, 0.2) is 48.7 Å². The van der Waals surface area contributed by atoms with Crippen LogP contribution in [0.4, 0.5) is 23.0 Å². The summed E-state index contributed by atoms with van der Waals surface area (Å²) in [6, 6.07) is 13.7. The van der Waals surface area contributed by atoms with Crippen LogP contribution in [0.3, 0.4) is 0 Å². The molecule has 0 radical (unpaired) electrons. The highest BCUT2D eigenvalue weighted by Gasteiger charge is 2.23. The molecule has 4 aromatic rings. The minimum Gasteiger partial charge on any atom is -0.397 e. The summed E-state index contributed by atoms with van der Waals surface area (Å²) in [6.45, 7) is 4.66. The van der Waals surface area contributed by atoms with Crippen LogP contribution in [0.2, 0.25) is 0 Å². The Balaban J connectivity index is 1.68. The molecule has 4 rings (SSSR count). The lowest BCUT2D eigenvalue weighted by Crippen LogP contribution is -2.29. The molecule has 0 aliphatic heterocycles. The largest absolute Gasteiger partial charge is 0.397 e. The molecule has 0 fully saturated rings. The van der Waals surface area contributed by atoms with Crippen molar-refractivity contribution in [2.24, 2.45) is 7.05 Å². The molecule has 39 heavy (non-hydrogen) atoms. The number of hydrogen-bond acceptors (Lipinski definition) is 8. The summed E-state index contributed by atoms with van der Waals surface area (Å²) in [6.07, 6.45) is 1.70. The topological polar surface area (TPSA) is 114 Å². The summed E-state index contributed by atoms with van der Waals surface area (Å²) in [5.74, 6) is 0.230. The molecule has 0 aliphatic carbocycles. The lowest BCUT2D eigenvalue weighted by atomic mass is 10.1. The molecule has 206 valence electrons. The summed E-state index contributed by atoms with van der Waals surface area (Å²) < 4.78 is 7.00. The van der Waals surface area contributed by atoms with Crippen LogP contribution >= 0.6 is 0 Å². The van der Waals surface area contributed by atoms with Gasteiger partial charge >= 0.3 is 0 Å². The fraction of sp³-hybridized carbons (Fsp3) is 0.345. The molecule has 2 heterocycles. The molecule has 0 spiro atoms. The van der Waals surface area contributed by atoms with Crippen molar-refractivity contribution >= 4 is 39.8 Å². The number of methoxy groups -OCH3 is 1. The van der Waals surface area contributed by atoms with Crippen LogP contribution in [0.1, 0.15) is 16.1 Å². The van der Waals surface area contributed by atoms with E-state index in [9.17, 15) is 4.79 Å². The minimum absolute atomic E-state index is 0.188. The quantitative estimate of drug-likeness (QED) is 0.199. The zero-order valence-electron chi connectivity index (χ0n) is 23.6. The minimum atomic E-state index is -0.188. The predicted molar refractivity (Wildman–Crippen MR) is 159 cm³/mol. The molecule has 10 nitrogen and oxygen atoms in total. The van der Waals surface area contributed by atoms with Gasteiger partial charge in [0.15, 0.2) is 0 Å². The molecular formula is C29H38N8O2. The number of nitrogens with two attached hydrogens (primary N) is 1. The number of ether oxygens (including phenoxy) is 1. The Morgan fingerprint density at radius 3 is 2.64 bits per heavy atom. The molecule has 0 aliphatic rings. The van der Waals surface area contributed by atoms with Crippen molar-refractivity contribution in [2.75, 3.05) is 70.4 Å². The summed E-state index contributed by atoms with van der Waals surface area (Å²) in [4.78, 5) is 26.8. The van der Waals surface area contributed by atoms with Crippen molar-refractivity contribution < 1.29 is 9.53 Å². The number of fused-ring (bicyclic) bond motifs is 1. The van der Waals surface area contributed by atoms with E-state index in [-0.39, 0.29) is 5.91 Å². The molecule has 0 saturated heterocycles. The predicted octanol–water partition coefficient (Wildman–Crippen LogP) is 3.64. The van der Waals surface area contributed by atoms with Gasteiger partial charge < -0.3 is 35.5 Å². The number of carbonyl (C=O) groups excluding carboxylic acids is 1. The van der Waals surface area contributed by atoms with E-state index in [0.29, 0.717) is 36.2 Å². The third-order valence-corrected chi connectivity index (χ3v) is 6.74. The number of para-hydroxylation sites is 1. The fourth-order valence-electron chi connectivity index (χ4n) is 4.59. The second-order valence-corrected chi connectivity index (χ2v) is 9.89. The number of aromatic nitrogens is 3. The Labute approximate surface area is 229 Å². The zero-order chi connectivity index (χ0) is 28.1. The van der Waals surface area contributed by atoms with E-state index >= 15 is 0 Å². The number of hydrogen-bond donors (Lipinski definition) is 3. The van der Waals surface area contributed by atoms with Gasteiger partial charge in [-0.15, -0.1) is 0 Å². The van der Waals surface area contributed by atoms with E-state index in [4.69, 9.17) is 15.5 Å². The summed E-state index contributed by atoms with van der Waals surface area (Å²) in [7, 11) is 9.65. The molecular weight excluding hydrogens is 492 g/mol. The van der Waals surface area contributed by atoms with Gasteiger partial charge in [-0.05, 0) is 50.8 Å². The van der Waals surface area contributed by atoms with Crippen LogP contribution in [0.25, 0.3) is 22.2 Å². The monoisotopic (exact) mass is 530 g/mol. The Morgan fingerprint density at radius 1 is 1.13 bits per heavy atom. The summed E-state index contributed by atoms with van der Waals surface area (Å²) in [5, 5.41) is 7.21. The summed E-state index contributed by atoms with van der Waals surface area (Å²) >= 11 is 0. The molecule has 4 N–H and O–H groups in total. The van der Waals surface area contributed by atoms with Crippen LogP contribution in [-0.4, -0.2) is 79.8 Å². The van der Waals surface area contributed by atoms with E-state index in [1.807, 2.05) is 62.0 Å². The van der Waals surface area contributed by atoms with E-state index in [2.05, 4.69) is 45.6 Å². The first-order valence-corrected chi connectivity index (χ1v) is 12.9. The molecule has 2 aromatic carbocycles. The Kier molecular flexibility index (Phi) is 8.68. The van der Waals surface area contributed by atoms with Crippen molar-refractivity contribution in [3.8, 4) is 11.3 Å². The van der Waals surface area contributed by atoms with Crippen LogP contribution in [-0.2, 0) is 11.8 Å². The maximum absolute atomic E-state index is 13.3. The molecule has 0 atom stereocenters. The van der Waals surface area contributed by atoms with Crippen molar-refractivity contribution in [1.29, 1.82) is 0 Å². The fourth-order valence-corrected chi connectivity index (χ4v) is 4.59. The molecule has 1 amide bonds. The van der Waals surface area contributed by atoms with E-state index < -0.39 is 0 Å². The van der Waals surface area contributed by atoms with Crippen LogP contribution in [0, 0.1) is 6.92 Å². The average Bonchev–Trinajstić information content (AvgIpc) is 3.22. The lowest BCUT2D eigenvalue weighted by molar-refractivity contribution is 0.0930. The zero-order valence-corrected chi connectivity index (χ0v) is 23.6. The number of rotatable bonds is 11. The molecule has 0 saturated carbocycles. The smallest absolute Gasteiger partial charge is 0.268 e. The average molecular weight is 531 g/mol. The maximum Gasteiger partial charge on any atom is 0.268 e. The highest BCUT2D eigenvalue weighted by Crippen LogP contribution is 2.35. The van der Waals surface area contributed by atoms with E-state index in [0.717, 1.165) is 46.5 Å². The van der Waals surface area contributed by atoms with Crippen LogP contribution < -0.4 is 21.3 Å². The Hall–Kier alpha value is -4.15. The third-order valence-electron chi connectivity index (χ3n) is 6.74. The highest BCUT2D eigenvalue weighted by atomic mass is 16.5. The number of carbonyl (C=O) groups is 1. The first-order valence-electron chi connectivity index (χ1n) is 12.9. The first kappa shape index (κ1) is 27.9. The van der Waals surface area contributed by atoms with Crippen molar-refractivity contribution in [3.05, 3.63) is 59.9 Å². The van der Waals surface area contributed by atoms with Gasteiger partial charge in [0.05, 0.1) is 23.7 Å². The van der Waals surface area contributed by atoms with Gasteiger partial charge in [-0.2, -0.15) is 0 Å².